The monoisotopic (exact) mass is 235 g/mol. The van der Waals surface area contributed by atoms with Gasteiger partial charge in [0.1, 0.15) is 5.82 Å². The predicted molar refractivity (Wildman–Crippen MR) is 67.0 cm³/mol. The Morgan fingerprint density at radius 2 is 1.94 bits per heavy atom. The van der Waals surface area contributed by atoms with Crippen LogP contribution in [0, 0.1) is 11.2 Å². The van der Waals surface area contributed by atoms with E-state index in [9.17, 15) is 9.18 Å². The maximum atomic E-state index is 13.0. The van der Waals surface area contributed by atoms with Gasteiger partial charge >= 0.3 is 0 Å². The Morgan fingerprint density at radius 3 is 2.53 bits per heavy atom. The lowest BCUT2D eigenvalue weighted by Crippen LogP contribution is -2.37. The highest BCUT2D eigenvalue weighted by molar-refractivity contribution is 5.84. The molecule has 1 fully saturated rings. The first-order valence-corrected chi connectivity index (χ1v) is 6.01. The second-order valence-corrected chi connectivity index (χ2v) is 5.47. The Labute approximate surface area is 101 Å². The molecule has 2 rings (SSSR count). The third kappa shape index (κ3) is 2.65. The Bertz CT molecular complexity index is 418. The van der Waals surface area contributed by atoms with E-state index in [0.717, 1.165) is 37.9 Å². The third-order valence-electron chi connectivity index (χ3n) is 3.57. The minimum absolute atomic E-state index is 0.354. The minimum atomic E-state index is -0.354. The lowest BCUT2D eigenvalue weighted by Gasteiger charge is -2.38. The number of anilines is 1. The number of hydrogen-bond acceptors (Lipinski definition) is 2. The van der Waals surface area contributed by atoms with Gasteiger partial charge in [-0.1, -0.05) is 13.8 Å². The van der Waals surface area contributed by atoms with Gasteiger partial charge in [0.05, 0.1) is 0 Å². The molecule has 1 aliphatic heterocycles. The smallest absolute Gasteiger partial charge is 0.152 e. The fourth-order valence-corrected chi connectivity index (χ4v) is 2.26. The molecule has 1 aliphatic rings. The SMILES string of the molecule is CC1(C)CCN(c2ccc(F)cc2C=O)CC1. The molecular weight excluding hydrogens is 217 g/mol. The van der Waals surface area contributed by atoms with E-state index in [0.29, 0.717) is 11.0 Å². The summed E-state index contributed by atoms with van der Waals surface area (Å²) in [6.07, 6.45) is 2.93. The van der Waals surface area contributed by atoms with Crippen LogP contribution in [-0.2, 0) is 0 Å². The van der Waals surface area contributed by atoms with Crippen molar-refractivity contribution in [3.8, 4) is 0 Å². The minimum Gasteiger partial charge on any atom is -0.371 e. The number of carbonyl (C=O) groups is 1. The van der Waals surface area contributed by atoms with Crippen LogP contribution in [0.2, 0.25) is 0 Å². The number of piperidine rings is 1. The molecule has 0 N–H and O–H groups in total. The number of hydrogen-bond donors (Lipinski definition) is 0. The van der Waals surface area contributed by atoms with E-state index < -0.39 is 0 Å². The lowest BCUT2D eigenvalue weighted by atomic mass is 9.82. The average molecular weight is 235 g/mol. The molecule has 0 unspecified atom stereocenters. The summed E-state index contributed by atoms with van der Waals surface area (Å²) in [5.41, 5.74) is 1.68. The quantitative estimate of drug-likeness (QED) is 0.733. The zero-order valence-corrected chi connectivity index (χ0v) is 10.4. The van der Waals surface area contributed by atoms with Crippen molar-refractivity contribution in [2.75, 3.05) is 18.0 Å². The van der Waals surface area contributed by atoms with Gasteiger partial charge < -0.3 is 4.90 Å². The van der Waals surface area contributed by atoms with E-state index in [1.807, 2.05) is 0 Å². The molecule has 0 bridgehead atoms. The summed E-state index contributed by atoms with van der Waals surface area (Å²) in [6.45, 7) is 6.38. The molecule has 3 heteroatoms. The highest BCUT2D eigenvalue weighted by Gasteiger charge is 2.26. The maximum absolute atomic E-state index is 13.0. The van der Waals surface area contributed by atoms with Gasteiger partial charge in [0.15, 0.2) is 6.29 Å². The molecular formula is C14H18FNO. The van der Waals surface area contributed by atoms with E-state index in [1.165, 1.54) is 12.1 Å². The van der Waals surface area contributed by atoms with E-state index >= 15 is 0 Å². The molecule has 1 saturated heterocycles. The van der Waals surface area contributed by atoms with Gasteiger partial charge in [-0.15, -0.1) is 0 Å². The van der Waals surface area contributed by atoms with Gasteiger partial charge in [0.2, 0.25) is 0 Å². The first kappa shape index (κ1) is 12.1. The Morgan fingerprint density at radius 1 is 1.29 bits per heavy atom. The van der Waals surface area contributed by atoms with Gasteiger partial charge in [0, 0.05) is 24.3 Å². The summed E-state index contributed by atoms with van der Waals surface area (Å²) in [5.74, 6) is -0.354. The Hall–Kier alpha value is -1.38. The first-order chi connectivity index (χ1) is 8.02. The predicted octanol–water partition coefficient (Wildman–Crippen LogP) is 3.26. The van der Waals surface area contributed by atoms with Crippen molar-refractivity contribution in [2.24, 2.45) is 5.41 Å². The molecule has 0 spiro atoms. The number of nitrogens with zero attached hydrogens (tertiary/aromatic N) is 1. The van der Waals surface area contributed by atoms with Crippen LogP contribution in [0.5, 0.6) is 0 Å². The number of rotatable bonds is 2. The van der Waals surface area contributed by atoms with Crippen molar-refractivity contribution in [1.29, 1.82) is 0 Å². The standard InChI is InChI=1S/C14H18FNO/c1-14(2)5-7-16(8-6-14)13-4-3-12(15)9-11(13)10-17/h3-4,9-10H,5-8H2,1-2H3. The van der Waals surface area contributed by atoms with Gasteiger partial charge in [-0.2, -0.15) is 0 Å². The van der Waals surface area contributed by atoms with E-state index in [1.54, 1.807) is 6.07 Å². The summed E-state index contributed by atoms with van der Waals surface area (Å²) in [5, 5.41) is 0. The molecule has 92 valence electrons. The van der Waals surface area contributed by atoms with Crippen LogP contribution < -0.4 is 4.90 Å². The van der Waals surface area contributed by atoms with E-state index in [2.05, 4.69) is 18.7 Å². The first-order valence-electron chi connectivity index (χ1n) is 6.01. The highest BCUT2D eigenvalue weighted by Crippen LogP contribution is 2.33. The zero-order chi connectivity index (χ0) is 12.5. The Kier molecular flexibility index (Phi) is 3.18. The largest absolute Gasteiger partial charge is 0.371 e. The molecule has 2 nitrogen and oxygen atoms in total. The van der Waals surface area contributed by atoms with Crippen LogP contribution in [0.4, 0.5) is 10.1 Å². The average Bonchev–Trinajstić information content (AvgIpc) is 2.29. The highest BCUT2D eigenvalue weighted by atomic mass is 19.1. The lowest BCUT2D eigenvalue weighted by molar-refractivity contribution is 0.112. The van der Waals surface area contributed by atoms with Crippen molar-refractivity contribution < 1.29 is 9.18 Å². The fourth-order valence-electron chi connectivity index (χ4n) is 2.26. The summed E-state index contributed by atoms with van der Waals surface area (Å²) in [6, 6.07) is 4.43. The second-order valence-electron chi connectivity index (χ2n) is 5.47. The summed E-state index contributed by atoms with van der Waals surface area (Å²) < 4.78 is 13.0. The number of halogens is 1. The second kappa shape index (κ2) is 4.47. The topological polar surface area (TPSA) is 20.3 Å². The number of aldehydes is 1. The van der Waals surface area contributed by atoms with Crippen molar-refractivity contribution in [1.82, 2.24) is 0 Å². The van der Waals surface area contributed by atoms with Gasteiger partial charge in [-0.05, 0) is 36.5 Å². The molecule has 0 saturated carbocycles. The molecule has 17 heavy (non-hydrogen) atoms. The summed E-state index contributed by atoms with van der Waals surface area (Å²) in [7, 11) is 0. The molecule has 0 atom stereocenters. The van der Waals surface area contributed by atoms with Crippen LogP contribution in [0.15, 0.2) is 18.2 Å². The maximum Gasteiger partial charge on any atom is 0.152 e. The third-order valence-corrected chi connectivity index (χ3v) is 3.57. The van der Waals surface area contributed by atoms with E-state index in [4.69, 9.17) is 0 Å². The van der Waals surface area contributed by atoms with Crippen molar-refractivity contribution in [3.63, 3.8) is 0 Å². The van der Waals surface area contributed by atoms with Gasteiger partial charge in [0.25, 0.3) is 0 Å². The van der Waals surface area contributed by atoms with Crippen molar-refractivity contribution >= 4 is 12.0 Å². The van der Waals surface area contributed by atoms with E-state index in [-0.39, 0.29) is 5.82 Å². The Balaban J connectivity index is 2.21. The van der Waals surface area contributed by atoms with Crippen molar-refractivity contribution in [2.45, 2.75) is 26.7 Å². The van der Waals surface area contributed by atoms with Crippen LogP contribution in [0.25, 0.3) is 0 Å². The van der Waals surface area contributed by atoms with Crippen LogP contribution >= 0.6 is 0 Å². The fraction of sp³-hybridized carbons (Fsp3) is 0.500. The summed E-state index contributed by atoms with van der Waals surface area (Å²) >= 11 is 0. The zero-order valence-electron chi connectivity index (χ0n) is 10.4. The molecule has 1 aromatic rings. The normalized spacial score (nSPS) is 19.1. The van der Waals surface area contributed by atoms with Gasteiger partial charge in [-0.25, -0.2) is 4.39 Å². The van der Waals surface area contributed by atoms with Crippen molar-refractivity contribution in [3.05, 3.63) is 29.6 Å². The molecule has 0 aliphatic carbocycles. The molecule has 0 aromatic heterocycles. The number of carbonyl (C=O) groups excluding carboxylic acids is 1. The molecule has 1 aromatic carbocycles. The summed E-state index contributed by atoms with van der Waals surface area (Å²) in [4.78, 5) is 13.1. The molecule has 1 heterocycles. The molecule has 0 radical (unpaired) electrons. The molecule has 0 amide bonds. The van der Waals surface area contributed by atoms with Crippen LogP contribution in [0.3, 0.4) is 0 Å². The van der Waals surface area contributed by atoms with Gasteiger partial charge in [-0.3, -0.25) is 4.79 Å². The van der Waals surface area contributed by atoms with Crippen LogP contribution in [0.1, 0.15) is 37.0 Å². The van der Waals surface area contributed by atoms with Crippen LogP contribution in [-0.4, -0.2) is 19.4 Å². The number of benzene rings is 1.